The molecule has 0 bridgehead atoms. The van der Waals surface area contributed by atoms with Crippen molar-refractivity contribution < 1.29 is 0 Å². The van der Waals surface area contributed by atoms with E-state index in [0.717, 1.165) is 28.5 Å². The number of thioether (sulfide) groups is 2. The number of aryl methyl sites for hydroxylation is 1. The molecule has 0 fully saturated rings. The molecule has 31 heavy (non-hydrogen) atoms. The van der Waals surface area contributed by atoms with E-state index in [9.17, 15) is 4.79 Å². The first kappa shape index (κ1) is 20.4. The van der Waals surface area contributed by atoms with Crippen LogP contribution in [-0.4, -0.2) is 15.3 Å². The smallest absolute Gasteiger partial charge is 0.268 e. The topological polar surface area (TPSA) is 34.9 Å². The molecule has 0 atom stereocenters. The molecule has 0 radical (unpaired) electrons. The van der Waals surface area contributed by atoms with Gasteiger partial charge in [-0.25, -0.2) is 4.98 Å². The second-order valence-corrected chi connectivity index (χ2v) is 9.82. The molecular weight excluding hydrogens is 444 g/mol. The summed E-state index contributed by atoms with van der Waals surface area (Å²) in [5.41, 5.74) is 4.02. The SMILES string of the molecule is O=c1c2c(nc(SC(c3ccccc3)c3ccccc3)n1-c1ccc(Cl)cc1)CCS2. The summed E-state index contributed by atoms with van der Waals surface area (Å²) >= 11 is 9.31. The van der Waals surface area contributed by atoms with E-state index in [-0.39, 0.29) is 10.8 Å². The van der Waals surface area contributed by atoms with Crippen LogP contribution >= 0.6 is 35.1 Å². The molecule has 0 aliphatic carbocycles. The molecule has 3 aromatic carbocycles. The fourth-order valence-corrected chi connectivity index (χ4v) is 6.09. The molecule has 0 saturated carbocycles. The average Bonchev–Trinajstić information content (AvgIpc) is 3.29. The normalized spacial score (nSPS) is 12.8. The van der Waals surface area contributed by atoms with Crippen molar-refractivity contribution in [3.8, 4) is 5.69 Å². The van der Waals surface area contributed by atoms with Crippen molar-refractivity contribution in [3.63, 3.8) is 0 Å². The fraction of sp³-hybridized carbons (Fsp3) is 0.120. The van der Waals surface area contributed by atoms with Crippen LogP contribution in [0.1, 0.15) is 22.1 Å². The minimum Gasteiger partial charge on any atom is -0.268 e. The van der Waals surface area contributed by atoms with E-state index in [4.69, 9.17) is 16.6 Å². The van der Waals surface area contributed by atoms with Crippen LogP contribution in [0.25, 0.3) is 5.69 Å². The highest BCUT2D eigenvalue weighted by Gasteiger charge is 2.25. The zero-order valence-electron chi connectivity index (χ0n) is 16.6. The molecule has 1 aromatic heterocycles. The molecule has 1 aliphatic rings. The van der Waals surface area contributed by atoms with E-state index in [1.807, 2.05) is 60.7 Å². The molecule has 5 rings (SSSR count). The van der Waals surface area contributed by atoms with Gasteiger partial charge in [-0.15, -0.1) is 11.8 Å². The first-order valence-electron chi connectivity index (χ1n) is 10.0. The number of fused-ring (bicyclic) bond motifs is 1. The van der Waals surface area contributed by atoms with E-state index in [1.165, 1.54) is 11.1 Å². The molecule has 0 unspecified atom stereocenters. The van der Waals surface area contributed by atoms with Gasteiger partial charge in [-0.1, -0.05) is 84.0 Å². The first-order chi connectivity index (χ1) is 15.2. The standard InChI is InChI=1S/C25H19ClN2OS2/c26-19-11-13-20(14-12-19)28-24(29)23-21(15-16-30-23)27-25(28)31-22(17-7-3-1-4-8-17)18-9-5-2-6-10-18/h1-14,22H,15-16H2. The number of aromatic nitrogens is 2. The summed E-state index contributed by atoms with van der Waals surface area (Å²) in [5.74, 6) is 0.896. The van der Waals surface area contributed by atoms with Gasteiger partial charge in [-0.05, 0) is 35.4 Å². The number of nitrogens with zero attached hydrogens (tertiary/aromatic N) is 2. The van der Waals surface area contributed by atoms with Crippen LogP contribution in [0.5, 0.6) is 0 Å². The Bertz CT molecular complexity index is 1220. The van der Waals surface area contributed by atoms with Gasteiger partial charge in [-0.2, -0.15) is 0 Å². The monoisotopic (exact) mass is 462 g/mol. The van der Waals surface area contributed by atoms with Crippen molar-refractivity contribution in [3.05, 3.63) is 117 Å². The van der Waals surface area contributed by atoms with Gasteiger partial charge >= 0.3 is 0 Å². The number of hydrogen-bond donors (Lipinski definition) is 0. The molecule has 0 N–H and O–H groups in total. The summed E-state index contributed by atoms with van der Waals surface area (Å²) in [6.45, 7) is 0. The lowest BCUT2D eigenvalue weighted by atomic mass is 10.0. The van der Waals surface area contributed by atoms with Crippen molar-refractivity contribution in [1.82, 2.24) is 9.55 Å². The summed E-state index contributed by atoms with van der Waals surface area (Å²) in [6, 6.07) is 28.1. The number of benzene rings is 3. The lowest BCUT2D eigenvalue weighted by Crippen LogP contribution is -2.24. The summed E-state index contributed by atoms with van der Waals surface area (Å²) in [7, 11) is 0. The Morgan fingerprint density at radius 3 is 2.13 bits per heavy atom. The zero-order valence-corrected chi connectivity index (χ0v) is 19.0. The van der Waals surface area contributed by atoms with Crippen molar-refractivity contribution in [2.75, 3.05) is 5.75 Å². The van der Waals surface area contributed by atoms with Gasteiger partial charge < -0.3 is 0 Å². The van der Waals surface area contributed by atoms with Crippen LogP contribution in [0, 0.1) is 0 Å². The highest BCUT2D eigenvalue weighted by atomic mass is 35.5. The van der Waals surface area contributed by atoms with Gasteiger partial charge in [0.05, 0.1) is 21.5 Å². The highest BCUT2D eigenvalue weighted by Crippen LogP contribution is 2.41. The molecule has 154 valence electrons. The molecule has 0 spiro atoms. The van der Waals surface area contributed by atoms with Crippen LogP contribution in [0.15, 0.2) is 99.8 Å². The Labute approximate surface area is 194 Å². The van der Waals surface area contributed by atoms with Crippen molar-refractivity contribution in [1.29, 1.82) is 0 Å². The lowest BCUT2D eigenvalue weighted by Gasteiger charge is -2.20. The van der Waals surface area contributed by atoms with Gasteiger partial charge in [0, 0.05) is 17.2 Å². The Morgan fingerprint density at radius 2 is 1.52 bits per heavy atom. The van der Waals surface area contributed by atoms with Crippen molar-refractivity contribution >= 4 is 35.1 Å². The summed E-state index contributed by atoms with van der Waals surface area (Å²) in [6.07, 6.45) is 0.825. The molecule has 1 aliphatic heterocycles. The van der Waals surface area contributed by atoms with Gasteiger partial charge in [0.25, 0.3) is 5.56 Å². The first-order valence-corrected chi connectivity index (χ1v) is 12.3. The van der Waals surface area contributed by atoms with E-state index in [1.54, 1.807) is 28.1 Å². The van der Waals surface area contributed by atoms with Gasteiger partial charge in [-0.3, -0.25) is 9.36 Å². The molecule has 4 aromatic rings. The molecule has 2 heterocycles. The molecule has 3 nitrogen and oxygen atoms in total. The lowest BCUT2D eigenvalue weighted by molar-refractivity contribution is 0.738. The number of halogens is 1. The van der Waals surface area contributed by atoms with E-state index in [0.29, 0.717) is 10.2 Å². The van der Waals surface area contributed by atoms with Gasteiger partial charge in [0.1, 0.15) is 0 Å². The van der Waals surface area contributed by atoms with Crippen LogP contribution in [0.2, 0.25) is 5.02 Å². The van der Waals surface area contributed by atoms with Crippen LogP contribution in [0.4, 0.5) is 0 Å². The Hall–Kier alpha value is -2.47. The average molecular weight is 463 g/mol. The maximum atomic E-state index is 13.5. The summed E-state index contributed by atoms with van der Waals surface area (Å²) in [4.78, 5) is 19.2. The third-order valence-electron chi connectivity index (χ3n) is 5.18. The third kappa shape index (κ3) is 4.18. The van der Waals surface area contributed by atoms with Crippen LogP contribution in [0.3, 0.4) is 0 Å². The van der Waals surface area contributed by atoms with Gasteiger partial charge in [0.15, 0.2) is 5.16 Å². The maximum Gasteiger partial charge on any atom is 0.272 e. The third-order valence-corrected chi connectivity index (χ3v) is 7.80. The Morgan fingerprint density at radius 1 is 0.903 bits per heavy atom. The molecule has 6 heteroatoms. The fourth-order valence-electron chi connectivity index (χ4n) is 3.68. The van der Waals surface area contributed by atoms with Crippen molar-refractivity contribution in [2.45, 2.75) is 21.7 Å². The number of rotatable bonds is 5. The Kier molecular flexibility index (Phi) is 5.90. The second-order valence-electron chi connectivity index (χ2n) is 7.20. The predicted octanol–water partition coefficient (Wildman–Crippen LogP) is 6.42. The predicted molar refractivity (Wildman–Crippen MR) is 130 cm³/mol. The molecule has 0 saturated heterocycles. The summed E-state index contributed by atoms with van der Waals surface area (Å²) in [5, 5.41) is 1.35. The largest absolute Gasteiger partial charge is 0.272 e. The quantitative estimate of drug-likeness (QED) is 0.253. The van der Waals surface area contributed by atoms with E-state index in [2.05, 4.69) is 24.3 Å². The Balaban J connectivity index is 1.67. The van der Waals surface area contributed by atoms with Crippen molar-refractivity contribution in [2.24, 2.45) is 0 Å². The highest BCUT2D eigenvalue weighted by molar-refractivity contribution is 8.00. The minimum absolute atomic E-state index is 0.00260. The van der Waals surface area contributed by atoms with Crippen LogP contribution in [-0.2, 0) is 6.42 Å². The second kappa shape index (κ2) is 8.95. The van der Waals surface area contributed by atoms with Crippen LogP contribution < -0.4 is 5.56 Å². The van der Waals surface area contributed by atoms with E-state index >= 15 is 0 Å². The van der Waals surface area contributed by atoms with E-state index < -0.39 is 0 Å². The molecular formula is C25H19ClN2OS2. The molecule has 0 amide bonds. The zero-order chi connectivity index (χ0) is 21.2. The summed E-state index contributed by atoms with van der Waals surface area (Å²) < 4.78 is 1.73. The van der Waals surface area contributed by atoms with Gasteiger partial charge in [0.2, 0.25) is 0 Å². The minimum atomic E-state index is -0.00260. The number of hydrogen-bond acceptors (Lipinski definition) is 4. The maximum absolute atomic E-state index is 13.5.